The molecule has 0 aromatic heterocycles. The number of rotatable bonds is 32. The molecule has 0 N–H and O–H groups in total. The monoisotopic (exact) mass is 684 g/mol. The van der Waals surface area contributed by atoms with Crippen LogP contribution in [-0.4, -0.2) is 55.7 Å². The number of likely N-dealkylation sites (N-methyl/N-ethyl adjacent to an activating group) is 1. The first-order valence-corrected chi connectivity index (χ1v) is 21.3. The van der Waals surface area contributed by atoms with Crippen molar-refractivity contribution in [3.05, 3.63) is 48.6 Å². The summed E-state index contributed by atoms with van der Waals surface area (Å²) < 4.78 is 20.1. The van der Waals surface area contributed by atoms with Gasteiger partial charge in [-0.2, -0.15) is 0 Å². The Labute approximate surface area is 305 Å². The van der Waals surface area contributed by atoms with Gasteiger partial charge in [-0.25, -0.2) is 0 Å². The zero-order chi connectivity index (χ0) is 35.3. The van der Waals surface area contributed by atoms with Gasteiger partial charge in [0.15, 0.2) is 5.79 Å². The molecule has 2 heterocycles. The molecule has 0 spiro atoms. The van der Waals surface area contributed by atoms with Crippen molar-refractivity contribution in [2.75, 3.05) is 20.6 Å². The van der Waals surface area contributed by atoms with E-state index in [9.17, 15) is 0 Å². The topological polar surface area (TPSA) is 30.9 Å². The number of hydrogen-bond donors (Lipinski definition) is 0. The third-order valence-corrected chi connectivity index (χ3v) is 10.3. The fraction of sp³-hybridized carbons (Fsp3) is 0.822. The summed E-state index contributed by atoms with van der Waals surface area (Å²) in [6.07, 6.45) is 51.9. The Morgan fingerprint density at radius 2 is 0.878 bits per heavy atom. The van der Waals surface area contributed by atoms with Crippen molar-refractivity contribution < 1.29 is 14.2 Å². The lowest BCUT2D eigenvalue weighted by Gasteiger charge is -2.31. The second-order valence-corrected chi connectivity index (χ2v) is 15.4. The molecule has 2 saturated heterocycles. The van der Waals surface area contributed by atoms with Crippen molar-refractivity contribution in [2.45, 2.75) is 218 Å². The van der Waals surface area contributed by atoms with Crippen molar-refractivity contribution >= 4 is 0 Å². The molecule has 284 valence electrons. The molecule has 0 radical (unpaired) electrons. The normalized spacial score (nSPS) is 24.3. The van der Waals surface area contributed by atoms with Crippen molar-refractivity contribution in [1.82, 2.24) is 4.90 Å². The first kappa shape index (κ1) is 44.0. The SMILES string of the molecule is CCCCCC=CCC=CCCCCCCCCC1(CCCCCCCCC=CCC=CCCCCC)OC2C(C)OC(CN(C)C)C2O1. The molecule has 2 rings (SSSR count). The first-order valence-electron chi connectivity index (χ1n) is 21.3. The second kappa shape index (κ2) is 29.4. The maximum absolute atomic E-state index is 6.91. The molecule has 0 saturated carbocycles. The zero-order valence-electron chi connectivity index (χ0n) is 33.2. The smallest absolute Gasteiger partial charge is 0.169 e. The van der Waals surface area contributed by atoms with E-state index in [1.54, 1.807) is 0 Å². The highest BCUT2D eigenvalue weighted by Gasteiger charge is 2.56. The van der Waals surface area contributed by atoms with E-state index in [1.807, 2.05) is 0 Å². The van der Waals surface area contributed by atoms with Gasteiger partial charge in [-0.15, -0.1) is 0 Å². The number of ether oxygens (including phenoxy) is 3. The van der Waals surface area contributed by atoms with E-state index >= 15 is 0 Å². The van der Waals surface area contributed by atoms with Crippen molar-refractivity contribution in [3.8, 4) is 0 Å². The Morgan fingerprint density at radius 3 is 1.31 bits per heavy atom. The number of allylic oxidation sites excluding steroid dienone is 8. The summed E-state index contributed by atoms with van der Waals surface area (Å²) in [7, 11) is 4.25. The number of hydrogen-bond acceptors (Lipinski definition) is 4. The van der Waals surface area contributed by atoms with Crippen LogP contribution in [0.15, 0.2) is 48.6 Å². The van der Waals surface area contributed by atoms with Gasteiger partial charge in [-0.1, -0.05) is 140 Å². The molecular weight excluding hydrogens is 602 g/mol. The summed E-state index contributed by atoms with van der Waals surface area (Å²) in [4.78, 5) is 2.22. The lowest BCUT2D eigenvalue weighted by Crippen LogP contribution is -2.38. The summed E-state index contributed by atoms with van der Waals surface area (Å²) in [5, 5.41) is 0. The van der Waals surface area contributed by atoms with Gasteiger partial charge < -0.3 is 19.1 Å². The minimum Gasteiger partial charge on any atom is -0.368 e. The van der Waals surface area contributed by atoms with E-state index < -0.39 is 5.79 Å². The van der Waals surface area contributed by atoms with Gasteiger partial charge in [0.1, 0.15) is 12.2 Å². The minimum absolute atomic E-state index is 0.0617. The van der Waals surface area contributed by atoms with Crippen LogP contribution in [0.1, 0.15) is 188 Å². The van der Waals surface area contributed by atoms with E-state index in [1.165, 1.54) is 141 Å². The van der Waals surface area contributed by atoms with Crippen LogP contribution in [0.2, 0.25) is 0 Å². The lowest BCUT2D eigenvalue weighted by molar-refractivity contribution is -0.217. The van der Waals surface area contributed by atoms with Crippen LogP contribution < -0.4 is 0 Å². The third kappa shape index (κ3) is 21.0. The Bertz CT molecular complexity index is 826. The summed E-state index contributed by atoms with van der Waals surface area (Å²) in [5.74, 6) is -0.414. The highest BCUT2D eigenvalue weighted by molar-refractivity contribution is 4.99. The van der Waals surface area contributed by atoms with Gasteiger partial charge >= 0.3 is 0 Å². The molecule has 0 bridgehead atoms. The van der Waals surface area contributed by atoms with Crippen LogP contribution in [0.4, 0.5) is 0 Å². The van der Waals surface area contributed by atoms with Crippen LogP contribution in [0, 0.1) is 0 Å². The van der Waals surface area contributed by atoms with E-state index in [-0.39, 0.29) is 24.4 Å². The van der Waals surface area contributed by atoms with Crippen LogP contribution in [0.25, 0.3) is 0 Å². The molecule has 4 unspecified atom stereocenters. The number of fused-ring (bicyclic) bond motifs is 1. The van der Waals surface area contributed by atoms with E-state index in [4.69, 9.17) is 14.2 Å². The molecule has 0 aliphatic carbocycles. The lowest BCUT2D eigenvalue weighted by atomic mass is 9.98. The Morgan fingerprint density at radius 1 is 0.490 bits per heavy atom. The maximum atomic E-state index is 6.91. The predicted molar refractivity (Wildman–Crippen MR) is 213 cm³/mol. The van der Waals surface area contributed by atoms with E-state index in [2.05, 4.69) is 88.4 Å². The average molecular weight is 684 g/mol. The van der Waals surface area contributed by atoms with Crippen molar-refractivity contribution in [3.63, 3.8) is 0 Å². The van der Waals surface area contributed by atoms with E-state index in [0.29, 0.717) is 0 Å². The molecule has 4 nitrogen and oxygen atoms in total. The standard InChI is InChI=1S/C45H81NO3/c1-6-8-10-12-14-16-18-20-22-24-26-28-30-32-34-36-38-45(48-43-41(3)47-42(40-46(4)5)44(43)49-45)39-37-35-33-31-29-27-25-23-21-19-17-15-13-11-9-7-2/h14-17,20-23,41-44H,6-13,18-19,24-40H2,1-5H3. The van der Waals surface area contributed by atoms with Gasteiger partial charge in [0.2, 0.25) is 0 Å². The first-order chi connectivity index (χ1) is 24.0. The van der Waals surface area contributed by atoms with Gasteiger partial charge in [-0.3, -0.25) is 0 Å². The molecule has 2 aliphatic rings. The Kier molecular flexibility index (Phi) is 26.4. The average Bonchev–Trinajstić information content (AvgIpc) is 3.59. The third-order valence-electron chi connectivity index (χ3n) is 10.3. The molecule has 2 fully saturated rings. The molecule has 0 aromatic rings. The molecule has 0 amide bonds. The van der Waals surface area contributed by atoms with Gasteiger partial charge in [0.25, 0.3) is 0 Å². The van der Waals surface area contributed by atoms with Gasteiger partial charge in [-0.05, 0) is 98.1 Å². The second-order valence-electron chi connectivity index (χ2n) is 15.4. The highest BCUT2D eigenvalue weighted by atomic mass is 16.8. The summed E-state index contributed by atoms with van der Waals surface area (Å²) in [6, 6.07) is 0. The maximum Gasteiger partial charge on any atom is 0.169 e. The molecule has 0 aromatic carbocycles. The van der Waals surface area contributed by atoms with Crippen molar-refractivity contribution in [1.29, 1.82) is 0 Å². The minimum atomic E-state index is -0.414. The highest BCUT2D eigenvalue weighted by Crippen LogP contribution is 2.44. The van der Waals surface area contributed by atoms with Gasteiger partial charge in [0, 0.05) is 19.4 Å². The molecule has 49 heavy (non-hydrogen) atoms. The van der Waals surface area contributed by atoms with Gasteiger partial charge in [0.05, 0.1) is 12.2 Å². The Hall–Kier alpha value is -1.20. The summed E-state index contributed by atoms with van der Waals surface area (Å²) in [6.45, 7) is 7.60. The number of nitrogens with zero attached hydrogens (tertiary/aromatic N) is 1. The fourth-order valence-electron chi connectivity index (χ4n) is 7.37. The summed E-state index contributed by atoms with van der Waals surface area (Å²) in [5.41, 5.74) is 0. The fourth-order valence-corrected chi connectivity index (χ4v) is 7.37. The van der Waals surface area contributed by atoms with Crippen LogP contribution >= 0.6 is 0 Å². The molecular formula is C45H81NO3. The zero-order valence-corrected chi connectivity index (χ0v) is 33.2. The number of unbranched alkanes of at least 4 members (excludes halogenated alkanes) is 18. The largest absolute Gasteiger partial charge is 0.368 e. The van der Waals surface area contributed by atoms with Crippen LogP contribution in [0.3, 0.4) is 0 Å². The van der Waals surface area contributed by atoms with Crippen LogP contribution in [-0.2, 0) is 14.2 Å². The predicted octanol–water partition coefficient (Wildman–Crippen LogP) is 13.2. The molecule has 4 atom stereocenters. The quantitative estimate of drug-likeness (QED) is 0.0522. The van der Waals surface area contributed by atoms with Crippen molar-refractivity contribution in [2.24, 2.45) is 0 Å². The summed E-state index contributed by atoms with van der Waals surface area (Å²) >= 11 is 0. The van der Waals surface area contributed by atoms with Crippen LogP contribution in [0.5, 0.6) is 0 Å². The van der Waals surface area contributed by atoms with E-state index in [0.717, 1.165) is 32.2 Å². The molecule has 4 heteroatoms. The molecule has 2 aliphatic heterocycles. The Balaban J connectivity index is 1.63.